The van der Waals surface area contributed by atoms with Gasteiger partial charge in [0.2, 0.25) is 0 Å². The van der Waals surface area contributed by atoms with E-state index in [-0.39, 0.29) is 16.7 Å². The van der Waals surface area contributed by atoms with Crippen molar-refractivity contribution in [3.05, 3.63) is 66.0 Å². The number of benzene rings is 1. The minimum absolute atomic E-state index is 0.226. The van der Waals surface area contributed by atoms with Crippen molar-refractivity contribution in [2.45, 2.75) is 42.5 Å². The first-order valence-corrected chi connectivity index (χ1v) is 12.0. The smallest absolute Gasteiger partial charge is 0.337 e. The largest absolute Gasteiger partial charge is 0.416 e. The summed E-state index contributed by atoms with van der Waals surface area (Å²) in [6.07, 6.45) is -2.03. The molecule has 4 rings (SSSR count). The van der Waals surface area contributed by atoms with Gasteiger partial charge >= 0.3 is 6.18 Å². The Morgan fingerprint density at radius 1 is 1.03 bits per heavy atom. The lowest BCUT2D eigenvalue weighted by Crippen LogP contribution is -2.47. The van der Waals surface area contributed by atoms with E-state index in [0.29, 0.717) is 37.7 Å². The zero-order chi connectivity index (χ0) is 24.0. The number of rotatable bonds is 4. The molecule has 0 saturated carbocycles. The summed E-state index contributed by atoms with van der Waals surface area (Å²) in [5.74, 6) is -0.544. The number of aromatic nitrogens is 2. The molecule has 3 heterocycles. The highest BCUT2D eigenvalue weighted by atomic mass is 32.2. The highest BCUT2D eigenvalue weighted by Gasteiger charge is 2.45. The quantitative estimate of drug-likeness (QED) is 0.554. The number of fused-ring (bicyclic) bond motifs is 1. The molecular formula is C23H24F3N3O3S. The van der Waals surface area contributed by atoms with E-state index in [2.05, 4.69) is 5.10 Å². The number of nitrogens with zero attached hydrogens (tertiary/aromatic N) is 3. The van der Waals surface area contributed by atoms with Crippen LogP contribution in [-0.2, 0) is 16.0 Å². The van der Waals surface area contributed by atoms with Gasteiger partial charge in [-0.1, -0.05) is 12.1 Å². The summed E-state index contributed by atoms with van der Waals surface area (Å²) in [5, 5.41) is 4.30. The van der Waals surface area contributed by atoms with Crippen molar-refractivity contribution in [3.8, 4) is 0 Å². The second kappa shape index (κ2) is 8.16. The molecule has 0 aliphatic carbocycles. The maximum atomic E-state index is 13.3. The Balaban J connectivity index is 1.50. The van der Waals surface area contributed by atoms with Crippen LogP contribution in [0.1, 0.15) is 42.7 Å². The lowest BCUT2D eigenvalue weighted by atomic mass is 9.86. The number of hydrogen-bond donors (Lipinski definition) is 0. The first-order valence-electron chi connectivity index (χ1n) is 10.6. The molecule has 1 fully saturated rings. The standard InChI is InChI=1S/C23H24F3N3O3S/c1-22(2,33(31,32)19-8-5-6-17(14-19)23(24,25)26)16-9-12-28(13-10-16)21(30)20-15-18-7-3-4-11-29(18)27-20/h3-8,11,14-16H,9-10,12-13H2,1-2H3. The van der Waals surface area contributed by atoms with Gasteiger partial charge in [-0.05, 0) is 69.0 Å². The predicted octanol–water partition coefficient (Wildman–Crippen LogP) is 4.46. The van der Waals surface area contributed by atoms with Gasteiger partial charge < -0.3 is 4.90 Å². The van der Waals surface area contributed by atoms with E-state index in [4.69, 9.17) is 0 Å². The molecule has 1 aromatic carbocycles. The number of halogens is 3. The van der Waals surface area contributed by atoms with E-state index in [1.54, 1.807) is 35.5 Å². The van der Waals surface area contributed by atoms with Crippen molar-refractivity contribution in [3.63, 3.8) is 0 Å². The average molecular weight is 480 g/mol. The molecule has 0 bridgehead atoms. The molecule has 0 N–H and O–H groups in total. The maximum Gasteiger partial charge on any atom is 0.416 e. The van der Waals surface area contributed by atoms with Crippen LogP contribution in [0.5, 0.6) is 0 Å². The van der Waals surface area contributed by atoms with Crippen molar-refractivity contribution in [1.29, 1.82) is 0 Å². The van der Waals surface area contributed by atoms with Gasteiger partial charge in [-0.3, -0.25) is 4.79 Å². The highest BCUT2D eigenvalue weighted by molar-refractivity contribution is 7.92. The molecule has 176 valence electrons. The summed E-state index contributed by atoms with van der Waals surface area (Å²) in [6, 6.07) is 11.1. The van der Waals surface area contributed by atoms with Gasteiger partial charge in [0, 0.05) is 19.3 Å². The third-order valence-electron chi connectivity index (χ3n) is 6.52. The number of amides is 1. The van der Waals surface area contributed by atoms with Crippen LogP contribution in [0.25, 0.3) is 5.52 Å². The number of carbonyl (C=O) groups is 1. The Morgan fingerprint density at radius 2 is 1.73 bits per heavy atom. The van der Waals surface area contributed by atoms with E-state index < -0.39 is 26.3 Å². The van der Waals surface area contributed by atoms with E-state index >= 15 is 0 Å². The van der Waals surface area contributed by atoms with Gasteiger partial charge in [-0.15, -0.1) is 0 Å². The van der Waals surface area contributed by atoms with Gasteiger partial charge in [0.05, 0.1) is 20.7 Å². The zero-order valence-corrected chi connectivity index (χ0v) is 19.0. The Bertz CT molecular complexity index is 1260. The van der Waals surface area contributed by atoms with Crippen LogP contribution < -0.4 is 0 Å². The Labute approximate surface area is 189 Å². The number of carbonyl (C=O) groups excluding carboxylic acids is 1. The van der Waals surface area contributed by atoms with Crippen LogP contribution in [0.15, 0.2) is 59.6 Å². The molecule has 10 heteroatoms. The molecule has 0 spiro atoms. The number of likely N-dealkylation sites (tertiary alicyclic amines) is 1. The van der Waals surface area contributed by atoms with Crippen LogP contribution in [0.3, 0.4) is 0 Å². The van der Waals surface area contributed by atoms with E-state index in [9.17, 15) is 26.4 Å². The minimum atomic E-state index is -4.63. The van der Waals surface area contributed by atoms with Crippen LogP contribution in [0.2, 0.25) is 0 Å². The second-order valence-corrected chi connectivity index (χ2v) is 11.3. The predicted molar refractivity (Wildman–Crippen MR) is 117 cm³/mol. The van der Waals surface area contributed by atoms with Crippen LogP contribution >= 0.6 is 0 Å². The molecule has 6 nitrogen and oxygen atoms in total. The van der Waals surface area contributed by atoms with Gasteiger partial charge in [-0.25, -0.2) is 12.9 Å². The molecule has 0 atom stereocenters. The van der Waals surface area contributed by atoms with Gasteiger partial charge in [0.25, 0.3) is 5.91 Å². The Hall–Kier alpha value is -2.88. The molecule has 1 amide bonds. The van der Waals surface area contributed by atoms with Crippen LogP contribution in [0.4, 0.5) is 13.2 Å². The summed E-state index contributed by atoms with van der Waals surface area (Å²) >= 11 is 0. The second-order valence-electron chi connectivity index (χ2n) is 8.80. The average Bonchev–Trinajstić information content (AvgIpc) is 3.22. The summed E-state index contributed by atoms with van der Waals surface area (Å²) in [4.78, 5) is 14.2. The summed E-state index contributed by atoms with van der Waals surface area (Å²) in [6.45, 7) is 3.79. The van der Waals surface area contributed by atoms with E-state index in [0.717, 1.165) is 17.6 Å². The van der Waals surface area contributed by atoms with Gasteiger partial charge in [0.1, 0.15) is 0 Å². The normalized spacial score (nSPS) is 16.3. The summed E-state index contributed by atoms with van der Waals surface area (Å²) in [7, 11) is -4.05. The molecule has 3 aromatic rings. The Kier molecular flexibility index (Phi) is 5.76. The van der Waals surface area contributed by atoms with Crippen molar-refractivity contribution in [1.82, 2.24) is 14.5 Å². The summed E-state index contributed by atoms with van der Waals surface area (Å²) < 4.78 is 66.2. The lowest BCUT2D eigenvalue weighted by Gasteiger charge is -2.40. The molecule has 1 saturated heterocycles. The first kappa shape index (κ1) is 23.3. The molecule has 1 aliphatic rings. The maximum absolute atomic E-state index is 13.3. The molecule has 1 aliphatic heterocycles. The topological polar surface area (TPSA) is 71.8 Å². The number of piperidine rings is 1. The molecule has 2 aromatic heterocycles. The van der Waals surface area contributed by atoms with Crippen molar-refractivity contribution in [2.24, 2.45) is 5.92 Å². The van der Waals surface area contributed by atoms with E-state index in [1.165, 1.54) is 6.07 Å². The molecule has 33 heavy (non-hydrogen) atoms. The molecule has 0 radical (unpaired) electrons. The minimum Gasteiger partial charge on any atom is -0.337 e. The fraction of sp³-hybridized carbons (Fsp3) is 0.391. The Morgan fingerprint density at radius 3 is 2.36 bits per heavy atom. The van der Waals surface area contributed by atoms with Gasteiger partial charge in [0.15, 0.2) is 15.5 Å². The third kappa shape index (κ3) is 4.23. The van der Waals surface area contributed by atoms with Crippen LogP contribution in [-0.4, -0.2) is 46.7 Å². The van der Waals surface area contributed by atoms with Crippen molar-refractivity contribution < 1.29 is 26.4 Å². The van der Waals surface area contributed by atoms with Crippen LogP contribution in [0, 0.1) is 5.92 Å². The number of alkyl halides is 3. The number of pyridine rings is 1. The first-order chi connectivity index (χ1) is 15.4. The fourth-order valence-corrected chi connectivity index (χ4v) is 6.17. The SMILES string of the molecule is CC(C)(C1CCN(C(=O)c2cc3ccccn3n2)CC1)S(=O)(=O)c1cccc(C(F)(F)F)c1. The number of sulfone groups is 1. The number of hydrogen-bond acceptors (Lipinski definition) is 4. The summed E-state index contributed by atoms with van der Waals surface area (Å²) in [5.41, 5.74) is 0.117. The monoisotopic (exact) mass is 479 g/mol. The highest BCUT2D eigenvalue weighted by Crippen LogP contribution is 2.39. The van der Waals surface area contributed by atoms with Crippen molar-refractivity contribution >= 4 is 21.3 Å². The molecule has 0 unspecified atom stereocenters. The lowest BCUT2D eigenvalue weighted by molar-refractivity contribution is -0.137. The third-order valence-corrected chi connectivity index (χ3v) is 9.11. The van der Waals surface area contributed by atoms with Gasteiger partial charge in [-0.2, -0.15) is 18.3 Å². The van der Waals surface area contributed by atoms with Crippen molar-refractivity contribution in [2.75, 3.05) is 13.1 Å². The molecular weight excluding hydrogens is 455 g/mol. The van der Waals surface area contributed by atoms with E-state index in [1.807, 2.05) is 18.2 Å². The fourth-order valence-electron chi connectivity index (χ4n) is 4.35. The zero-order valence-electron chi connectivity index (χ0n) is 18.2.